The number of methoxy groups -OCH3 is 1. The average Bonchev–Trinajstić information content (AvgIpc) is 2.95. The molecule has 1 atom stereocenters. The van der Waals surface area contributed by atoms with Crippen LogP contribution in [0.15, 0.2) is 42.7 Å². The van der Waals surface area contributed by atoms with Crippen LogP contribution in [0, 0.1) is 6.92 Å². The number of carbonyl (C=O) groups excluding carboxylic acids is 1. The molecule has 124 valence electrons. The Labute approximate surface area is 140 Å². The van der Waals surface area contributed by atoms with Gasteiger partial charge in [0.25, 0.3) is 5.91 Å². The largest absolute Gasteiger partial charge is 0.497 e. The number of nitrogens with zero attached hydrogens (tertiary/aromatic N) is 3. The molecule has 2 heterocycles. The third-order valence-electron chi connectivity index (χ3n) is 4.03. The molecule has 3 aromatic rings. The minimum Gasteiger partial charge on any atom is -0.497 e. The Hall–Kier alpha value is -2.89. The first-order chi connectivity index (χ1) is 11.6. The molecule has 1 N–H and O–H groups in total. The van der Waals surface area contributed by atoms with Crippen molar-refractivity contribution in [3.63, 3.8) is 0 Å². The molecule has 6 nitrogen and oxygen atoms in total. The Balaban J connectivity index is 1.87. The van der Waals surface area contributed by atoms with Gasteiger partial charge < -0.3 is 10.1 Å². The lowest BCUT2D eigenvalue weighted by atomic mass is 10.0. The van der Waals surface area contributed by atoms with Gasteiger partial charge in [0.2, 0.25) is 0 Å². The maximum Gasteiger partial charge on any atom is 0.257 e. The molecular weight excluding hydrogens is 304 g/mol. The van der Waals surface area contributed by atoms with Crippen molar-refractivity contribution < 1.29 is 9.53 Å². The average molecular weight is 324 g/mol. The molecule has 0 aliphatic heterocycles. The van der Waals surface area contributed by atoms with Crippen molar-refractivity contribution in [3.05, 3.63) is 59.5 Å². The van der Waals surface area contributed by atoms with E-state index in [1.54, 1.807) is 30.1 Å². The number of aromatic nitrogens is 3. The van der Waals surface area contributed by atoms with E-state index in [-0.39, 0.29) is 11.9 Å². The second-order valence-corrected chi connectivity index (χ2v) is 5.56. The van der Waals surface area contributed by atoms with Crippen LogP contribution in [-0.4, -0.2) is 27.6 Å². The normalized spacial score (nSPS) is 12.1. The van der Waals surface area contributed by atoms with E-state index in [1.165, 1.54) is 0 Å². The molecule has 1 amide bonds. The summed E-state index contributed by atoms with van der Waals surface area (Å²) >= 11 is 0. The van der Waals surface area contributed by atoms with Crippen LogP contribution in [-0.2, 0) is 0 Å². The molecule has 0 aliphatic carbocycles. The van der Waals surface area contributed by atoms with Crippen molar-refractivity contribution in [3.8, 4) is 5.75 Å². The topological polar surface area (TPSA) is 68.5 Å². The van der Waals surface area contributed by atoms with Gasteiger partial charge in [-0.3, -0.25) is 4.79 Å². The summed E-state index contributed by atoms with van der Waals surface area (Å²) in [7, 11) is 1.63. The highest BCUT2D eigenvalue weighted by Gasteiger charge is 2.21. The number of aryl methyl sites for hydroxylation is 1. The first-order valence-corrected chi connectivity index (χ1v) is 7.88. The number of amides is 1. The van der Waals surface area contributed by atoms with Gasteiger partial charge in [0.05, 0.1) is 18.8 Å². The molecule has 3 rings (SSSR count). The van der Waals surface area contributed by atoms with Gasteiger partial charge in [0, 0.05) is 12.4 Å². The van der Waals surface area contributed by atoms with Gasteiger partial charge in [0.1, 0.15) is 11.3 Å². The fraction of sp³-hybridized carbons (Fsp3) is 0.278. The fourth-order valence-electron chi connectivity index (χ4n) is 2.75. The zero-order valence-corrected chi connectivity index (χ0v) is 14.0. The Morgan fingerprint density at radius 2 is 2.08 bits per heavy atom. The molecule has 1 unspecified atom stereocenters. The quantitative estimate of drug-likeness (QED) is 0.783. The van der Waals surface area contributed by atoms with Gasteiger partial charge in [-0.1, -0.05) is 19.1 Å². The van der Waals surface area contributed by atoms with Crippen molar-refractivity contribution in [1.29, 1.82) is 0 Å². The van der Waals surface area contributed by atoms with E-state index in [9.17, 15) is 4.79 Å². The predicted molar refractivity (Wildman–Crippen MR) is 91.2 cm³/mol. The van der Waals surface area contributed by atoms with E-state index < -0.39 is 0 Å². The lowest BCUT2D eigenvalue weighted by Crippen LogP contribution is -2.28. The van der Waals surface area contributed by atoms with E-state index in [0.717, 1.165) is 17.7 Å². The molecule has 1 aromatic carbocycles. The van der Waals surface area contributed by atoms with Crippen molar-refractivity contribution in [2.24, 2.45) is 0 Å². The number of nitrogens with one attached hydrogen (secondary N) is 1. The van der Waals surface area contributed by atoms with Gasteiger partial charge in [0.15, 0.2) is 5.65 Å². The van der Waals surface area contributed by atoms with Crippen LogP contribution >= 0.6 is 0 Å². The van der Waals surface area contributed by atoms with Crippen molar-refractivity contribution in [1.82, 2.24) is 19.9 Å². The van der Waals surface area contributed by atoms with E-state index in [4.69, 9.17) is 4.74 Å². The van der Waals surface area contributed by atoms with Crippen LogP contribution in [0.4, 0.5) is 0 Å². The summed E-state index contributed by atoms with van der Waals surface area (Å²) in [5.74, 6) is 0.631. The van der Waals surface area contributed by atoms with Gasteiger partial charge in [-0.2, -0.15) is 5.10 Å². The maximum atomic E-state index is 12.8. The highest BCUT2D eigenvalue weighted by molar-refractivity contribution is 6.01. The monoisotopic (exact) mass is 324 g/mol. The minimum atomic E-state index is -0.163. The van der Waals surface area contributed by atoms with E-state index in [2.05, 4.69) is 15.4 Å². The number of fused-ring (bicyclic) bond motifs is 1. The number of ether oxygens (including phenoxy) is 1. The van der Waals surface area contributed by atoms with Gasteiger partial charge in [-0.05, 0) is 37.1 Å². The number of hydrogen-bond donors (Lipinski definition) is 1. The molecule has 0 spiro atoms. The Bertz CT molecular complexity index is 855. The first kappa shape index (κ1) is 16.0. The Morgan fingerprint density at radius 1 is 1.33 bits per heavy atom. The summed E-state index contributed by atoms with van der Waals surface area (Å²) in [6.45, 7) is 3.86. The van der Waals surface area contributed by atoms with E-state index in [1.807, 2.05) is 38.1 Å². The molecule has 0 fully saturated rings. The maximum absolute atomic E-state index is 12.8. The highest BCUT2D eigenvalue weighted by Crippen LogP contribution is 2.21. The van der Waals surface area contributed by atoms with Crippen molar-refractivity contribution in [2.75, 3.05) is 7.11 Å². The molecule has 24 heavy (non-hydrogen) atoms. The molecule has 2 aromatic heterocycles. The highest BCUT2D eigenvalue weighted by atomic mass is 16.5. The number of rotatable bonds is 5. The van der Waals surface area contributed by atoms with Crippen LogP contribution in [0.2, 0.25) is 0 Å². The van der Waals surface area contributed by atoms with Crippen LogP contribution in [0.1, 0.15) is 41.0 Å². The van der Waals surface area contributed by atoms with Gasteiger partial charge in [-0.15, -0.1) is 0 Å². The van der Waals surface area contributed by atoms with E-state index in [0.29, 0.717) is 16.9 Å². The molecule has 0 radical (unpaired) electrons. The number of carbonyl (C=O) groups is 1. The standard InChI is InChI=1S/C18H20N4O2/c1-4-15(13-6-8-14(24-3)9-7-13)20-18(23)16-12(2)21-22-11-5-10-19-17(16)22/h5-11,15H,4H2,1-3H3,(H,20,23). The SMILES string of the molecule is CCC(NC(=O)c1c(C)nn2cccnc12)c1ccc(OC)cc1. The summed E-state index contributed by atoms with van der Waals surface area (Å²) in [4.78, 5) is 17.1. The smallest absolute Gasteiger partial charge is 0.257 e. The van der Waals surface area contributed by atoms with Crippen LogP contribution < -0.4 is 10.1 Å². The van der Waals surface area contributed by atoms with E-state index >= 15 is 0 Å². The zero-order chi connectivity index (χ0) is 17.1. The van der Waals surface area contributed by atoms with Gasteiger partial charge >= 0.3 is 0 Å². The van der Waals surface area contributed by atoms with Crippen LogP contribution in [0.3, 0.4) is 0 Å². The molecular formula is C18H20N4O2. The van der Waals surface area contributed by atoms with Gasteiger partial charge in [-0.25, -0.2) is 9.50 Å². The first-order valence-electron chi connectivity index (χ1n) is 7.88. The Morgan fingerprint density at radius 3 is 2.75 bits per heavy atom. The molecule has 0 saturated carbocycles. The summed E-state index contributed by atoms with van der Waals surface area (Å²) in [6, 6.07) is 9.43. The third kappa shape index (κ3) is 2.95. The summed E-state index contributed by atoms with van der Waals surface area (Å²) in [5.41, 5.74) is 2.78. The van der Waals surface area contributed by atoms with Crippen molar-refractivity contribution >= 4 is 11.6 Å². The van der Waals surface area contributed by atoms with Crippen molar-refractivity contribution in [2.45, 2.75) is 26.3 Å². The molecule has 0 saturated heterocycles. The summed E-state index contributed by atoms with van der Waals surface area (Å²) < 4.78 is 6.80. The lowest BCUT2D eigenvalue weighted by molar-refractivity contribution is 0.0936. The second kappa shape index (κ2) is 6.70. The Kier molecular flexibility index (Phi) is 4.46. The summed E-state index contributed by atoms with van der Waals surface area (Å²) in [6.07, 6.45) is 4.23. The molecule has 0 aliphatic rings. The second-order valence-electron chi connectivity index (χ2n) is 5.56. The fourth-order valence-corrected chi connectivity index (χ4v) is 2.75. The number of hydrogen-bond acceptors (Lipinski definition) is 4. The third-order valence-corrected chi connectivity index (χ3v) is 4.03. The minimum absolute atomic E-state index is 0.0820. The van der Waals surface area contributed by atoms with Crippen LogP contribution in [0.5, 0.6) is 5.75 Å². The zero-order valence-electron chi connectivity index (χ0n) is 14.0. The lowest BCUT2D eigenvalue weighted by Gasteiger charge is -2.17. The molecule has 6 heteroatoms. The predicted octanol–water partition coefficient (Wildman–Crippen LogP) is 2.93. The summed E-state index contributed by atoms with van der Waals surface area (Å²) in [5, 5.41) is 7.42. The molecule has 0 bridgehead atoms. The van der Waals surface area contributed by atoms with Crippen LogP contribution in [0.25, 0.3) is 5.65 Å². The number of benzene rings is 1.